The number of rotatable bonds is 5. The first kappa shape index (κ1) is 18.7. The first-order valence-electron chi connectivity index (χ1n) is 10.8. The number of hydrogen-bond acceptors (Lipinski definition) is 3. The first-order valence-corrected chi connectivity index (χ1v) is 10.8. The van der Waals surface area contributed by atoms with Gasteiger partial charge >= 0.3 is 0 Å². The van der Waals surface area contributed by atoms with E-state index in [1.165, 1.54) is 90.9 Å². The van der Waals surface area contributed by atoms with Gasteiger partial charge < -0.3 is 14.7 Å². The van der Waals surface area contributed by atoms with Gasteiger partial charge in [0.25, 0.3) is 0 Å². The van der Waals surface area contributed by atoms with E-state index in [1.807, 2.05) is 0 Å². The molecule has 0 spiro atoms. The molecule has 3 aliphatic heterocycles. The molecule has 140 valence electrons. The minimum atomic E-state index is 0.883. The highest BCUT2D eigenvalue weighted by Crippen LogP contribution is 2.28. The minimum Gasteiger partial charge on any atom is -0.304 e. The quantitative estimate of drug-likeness (QED) is 0.761. The number of nitrogens with zero attached hydrogens (tertiary/aromatic N) is 3. The normalized spacial score (nSPS) is 28.0. The van der Waals surface area contributed by atoms with Crippen molar-refractivity contribution in [1.29, 1.82) is 0 Å². The van der Waals surface area contributed by atoms with Gasteiger partial charge in [-0.1, -0.05) is 20.8 Å². The Morgan fingerprint density at radius 3 is 1.88 bits per heavy atom. The summed E-state index contributed by atoms with van der Waals surface area (Å²) in [5.41, 5.74) is 0. The molecule has 0 atom stereocenters. The summed E-state index contributed by atoms with van der Waals surface area (Å²) in [5.74, 6) is 2.83. The molecular weight excluding hydrogens is 294 g/mol. The topological polar surface area (TPSA) is 9.72 Å². The molecule has 0 saturated carbocycles. The number of piperidine rings is 3. The fourth-order valence-corrected chi connectivity index (χ4v) is 5.27. The molecule has 0 radical (unpaired) electrons. The van der Waals surface area contributed by atoms with Crippen molar-refractivity contribution < 1.29 is 0 Å². The maximum Gasteiger partial charge on any atom is 0.0120 e. The van der Waals surface area contributed by atoms with E-state index >= 15 is 0 Å². The molecule has 3 heteroatoms. The van der Waals surface area contributed by atoms with Crippen molar-refractivity contribution in [2.75, 3.05) is 52.4 Å². The zero-order chi connectivity index (χ0) is 16.9. The summed E-state index contributed by atoms with van der Waals surface area (Å²) in [4.78, 5) is 8.23. The second-order valence-corrected chi connectivity index (χ2v) is 9.03. The van der Waals surface area contributed by atoms with Gasteiger partial charge in [0.05, 0.1) is 0 Å². The van der Waals surface area contributed by atoms with E-state index in [1.54, 1.807) is 0 Å². The van der Waals surface area contributed by atoms with Gasteiger partial charge in [-0.3, -0.25) is 0 Å². The van der Waals surface area contributed by atoms with Crippen molar-refractivity contribution in [3.63, 3.8) is 0 Å². The Morgan fingerprint density at radius 1 is 0.750 bits per heavy atom. The highest BCUT2D eigenvalue weighted by atomic mass is 15.2. The van der Waals surface area contributed by atoms with Crippen molar-refractivity contribution in [2.24, 2.45) is 17.8 Å². The number of hydrogen-bond donors (Lipinski definition) is 0. The molecular formula is C21H41N3. The van der Waals surface area contributed by atoms with Crippen LogP contribution in [0.2, 0.25) is 0 Å². The van der Waals surface area contributed by atoms with E-state index < -0.39 is 0 Å². The summed E-state index contributed by atoms with van der Waals surface area (Å²) >= 11 is 0. The van der Waals surface area contributed by atoms with E-state index in [9.17, 15) is 0 Å². The Hall–Kier alpha value is -0.120. The molecule has 0 N–H and O–H groups in total. The fourth-order valence-electron chi connectivity index (χ4n) is 5.27. The molecule has 0 bridgehead atoms. The van der Waals surface area contributed by atoms with Crippen LogP contribution in [0.3, 0.4) is 0 Å². The summed E-state index contributed by atoms with van der Waals surface area (Å²) in [7, 11) is 0. The third kappa shape index (κ3) is 4.95. The molecule has 0 aromatic carbocycles. The molecule has 0 aromatic rings. The third-order valence-electron chi connectivity index (χ3n) is 7.26. The molecule has 0 aromatic heterocycles. The van der Waals surface area contributed by atoms with Gasteiger partial charge in [0.1, 0.15) is 0 Å². The molecule has 3 aliphatic rings. The van der Waals surface area contributed by atoms with Gasteiger partial charge in [0.15, 0.2) is 0 Å². The van der Waals surface area contributed by atoms with Crippen LogP contribution in [0, 0.1) is 17.8 Å². The molecule has 3 saturated heterocycles. The van der Waals surface area contributed by atoms with Crippen LogP contribution in [0.1, 0.15) is 59.3 Å². The Balaban J connectivity index is 1.34. The van der Waals surface area contributed by atoms with Crippen molar-refractivity contribution >= 4 is 0 Å². The Bertz CT molecular complexity index is 346. The van der Waals surface area contributed by atoms with E-state index in [0.717, 1.165) is 23.8 Å². The third-order valence-corrected chi connectivity index (χ3v) is 7.26. The van der Waals surface area contributed by atoms with E-state index in [0.29, 0.717) is 0 Å². The Labute approximate surface area is 150 Å². The van der Waals surface area contributed by atoms with E-state index in [2.05, 4.69) is 35.5 Å². The minimum absolute atomic E-state index is 0.883. The smallest absolute Gasteiger partial charge is 0.0120 e. The summed E-state index contributed by atoms with van der Waals surface area (Å²) in [6.07, 6.45) is 8.56. The molecule has 0 aliphatic carbocycles. The van der Waals surface area contributed by atoms with Gasteiger partial charge in [0.2, 0.25) is 0 Å². The van der Waals surface area contributed by atoms with Crippen LogP contribution >= 0.6 is 0 Å². The van der Waals surface area contributed by atoms with Gasteiger partial charge in [-0.05, 0) is 102 Å². The lowest BCUT2D eigenvalue weighted by molar-refractivity contribution is 0.0589. The van der Waals surface area contributed by atoms with Crippen molar-refractivity contribution in [3.05, 3.63) is 0 Å². The second-order valence-electron chi connectivity index (χ2n) is 9.03. The molecule has 3 heterocycles. The monoisotopic (exact) mass is 335 g/mol. The molecule has 0 unspecified atom stereocenters. The SMILES string of the molecule is CCN1CCC(CN2CCC(N3CCC(C(C)C)CC3)CC2)CC1. The predicted molar refractivity (Wildman–Crippen MR) is 103 cm³/mol. The van der Waals surface area contributed by atoms with Crippen LogP contribution in [0.5, 0.6) is 0 Å². The number of likely N-dealkylation sites (tertiary alicyclic amines) is 3. The lowest BCUT2D eigenvalue weighted by Crippen LogP contribution is -2.49. The summed E-state index contributed by atoms with van der Waals surface area (Å²) in [5, 5.41) is 0. The van der Waals surface area contributed by atoms with Crippen molar-refractivity contribution in [3.8, 4) is 0 Å². The van der Waals surface area contributed by atoms with Crippen LogP contribution in [0.15, 0.2) is 0 Å². The fraction of sp³-hybridized carbons (Fsp3) is 1.00. The van der Waals surface area contributed by atoms with Crippen LogP contribution in [-0.4, -0.2) is 73.1 Å². The lowest BCUT2D eigenvalue weighted by atomic mass is 9.85. The van der Waals surface area contributed by atoms with E-state index in [4.69, 9.17) is 0 Å². The highest BCUT2D eigenvalue weighted by Gasteiger charge is 2.30. The summed E-state index contributed by atoms with van der Waals surface area (Å²) < 4.78 is 0. The largest absolute Gasteiger partial charge is 0.304 e. The van der Waals surface area contributed by atoms with Gasteiger partial charge in [-0.2, -0.15) is 0 Å². The van der Waals surface area contributed by atoms with Crippen LogP contribution in [0.4, 0.5) is 0 Å². The predicted octanol–water partition coefficient (Wildman–Crippen LogP) is 3.55. The van der Waals surface area contributed by atoms with Crippen molar-refractivity contribution in [2.45, 2.75) is 65.3 Å². The van der Waals surface area contributed by atoms with Crippen LogP contribution in [0.25, 0.3) is 0 Å². The van der Waals surface area contributed by atoms with Crippen LogP contribution in [-0.2, 0) is 0 Å². The Morgan fingerprint density at radius 2 is 1.33 bits per heavy atom. The second kappa shape index (κ2) is 9.00. The molecule has 3 fully saturated rings. The standard InChI is InChI=1S/C21H41N3/c1-4-22-11-5-19(6-12-22)17-23-13-9-21(10-14-23)24-15-7-20(8-16-24)18(2)3/h18-21H,4-17H2,1-3H3. The highest BCUT2D eigenvalue weighted by molar-refractivity contribution is 4.85. The van der Waals surface area contributed by atoms with Crippen LogP contribution < -0.4 is 0 Å². The average molecular weight is 336 g/mol. The van der Waals surface area contributed by atoms with Crippen molar-refractivity contribution in [1.82, 2.24) is 14.7 Å². The molecule has 3 rings (SSSR count). The molecule has 0 amide bonds. The molecule has 24 heavy (non-hydrogen) atoms. The lowest BCUT2D eigenvalue weighted by Gasteiger charge is -2.43. The zero-order valence-corrected chi connectivity index (χ0v) is 16.6. The van der Waals surface area contributed by atoms with E-state index in [-0.39, 0.29) is 0 Å². The summed E-state index contributed by atoms with van der Waals surface area (Å²) in [6, 6.07) is 0.885. The maximum atomic E-state index is 2.83. The first-order chi connectivity index (χ1) is 11.7. The average Bonchev–Trinajstić information content (AvgIpc) is 2.63. The Kier molecular flexibility index (Phi) is 7.00. The van der Waals surface area contributed by atoms with Gasteiger partial charge in [0, 0.05) is 12.6 Å². The van der Waals surface area contributed by atoms with Gasteiger partial charge in [-0.15, -0.1) is 0 Å². The van der Waals surface area contributed by atoms with Gasteiger partial charge in [-0.25, -0.2) is 0 Å². The maximum absolute atomic E-state index is 2.83. The zero-order valence-electron chi connectivity index (χ0n) is 16.6. The molecule has 3 nitrogen and oxygen atoms in total. The summed E-state index contributed by atoms with van der Waals surface area (Å²) in [6.45, 7) is 17.8.